The first kappa shape index (κ1) is 8.96. The van der Waals surface area contributed by atoms with Crippen molar-refractivity contribution in [3.8, 4) is 0 Å². The molecule has 0 atom stereocenters. The Balaban J connectivity index is 2.70. The van der Waals surface area contributed by atoms with E-state index in [1.165, 1.54) is 18.6 Å². The summed E-state index contributed by atoms with van der Waals surface area (Å²) in [4.78, 5) is 4.15. The van der Waals surface area contributed by atoms with E-state index < -0.39 is 10.0 Å². The molecule has 5 heteroatoms. The molecule has 0 radical (unpaired) electrons. The molecule has 1 aromatic rings. The highest BCUT2D eigenvalue weighted by Gasteiger charge is 2.15. The molecule has 72 valence electrons. The summed E-state index contributed by atoms with van der Waals surface area (Å²) in [7, 11) is -3.43. The van der Waals surface area contributed by atoms with Gasteiger partial charge in [-0.15, -0.1) is 0 Å². The maximum Gasteiger partial charge on any atom is 0.262 e. The van der Waals surface area contributed by atoms with Gasteiger partial charge >= 0.3 is 0 Å². The van der Waals surface area contributed by atoms with Gasteiger partial charge in [0.15, 0.2) is 0 Å². The van der Waals surface area contributed by atoms with Crippen molar-refractivity contribution in [2.24, 2.45) is 4.99 Å². The van der Waals surface area contributed by atoms with Crippen LogP contribution in [-0.4, -0.2) is 14.6 Å². The van der Waals surface area contributed by atoms with E-state index in [1.54, 1.807) is 24.3 Å². The smallest absolute Gasteiger partial charge is 0.262 e. The summed E-state index contributed by atoms with van der Waals surface area (Å²) in [6.07, 6.45) is 4.21. The van der Waals surface area contributed by atoms with Gasteiger partial charge in [0.1, 0.15) is 0 Å². The topological polar surface area (TPSA) is 58.5 Å². The van der Waals surface area contributed by atoms with Crippen molar-refractivity contribution in [2.45, 2.75) is 4.90 Å². The Labute approximate surface area is 82.0 Å². The fraction of sp³-hybridized carbons (Fsp3) is 0. The van der Waals surface area contributed by atoms with Crippen molar-refractivity contribution in [1.29, 1.82) is 0 Å². The molecule has 1 aliphatic rings. The predicted molar refractivity (Wildman–Crippen MR) is 53.5 cm³/mol. The maximum atomic E-state index is 11.6. The van der Waals surface area contributed by atoms with E-state index in [0.717, 1.165) is 0 Å². The summed E-state index contributed by atoms with van der Waals surface area (Å²) < 4.78 is 25.5. The summed E-state index contributed by atoms with van der Waals surface area (Å²) in [6.45, 7) is 0. The highest BCUT2D eigenvalue weighted by atomic mass is 32.2. The Morgan fingerprint density at radius 3 is 2.86 bits per heavy atom. The Morgan fingerprint density at radius 1 is 1.21 bits per heavy atom. The van der Waals surface area contributed by atoms with Gasteiger partial charge in [-0.1, -0.05) is 18.2 Å². The van der Waals surface area contributed by atoms with Crippen molar-refractivity contribution in [1.82, 2.24) is 4.72 Å². The molecule has 4 nitrogen and oxygen atoms in total. The Morgan fingerprint density at radius 2 is 2.00 bits per heavy atom. The van der Waals surface area contributed by atoms with Gasteiger partial charge in [-0.05, 0) is 6.07 Å². The molecule has 0 fully saturated rings. The molecular weight excluding hydrogens is 200 g/mol. The Bertz CT molecular complexity index is 503. The number of fused-ring (bicyclic) bond motifs is 1. The lowest BCUT2D eigenvalue weighted by Crippen LogP contribution is -2.20. The van der Waals surface area contributed by atoms with Crippen molar-refractivity contribution in [3.05, 3.63) is 42.2 Å². The van der Waals surface area contributed by atoms with Crippen LogP contribution in [0.2, 0.25) is 0 Å². The molecule has 0 aromatic heterocycles. The summed E-state index contributed by atoms with van der Waals surface area (Å²) >= 11 is 0. The Kier molecular flexibility index (Phi) is 2.09. The van der Waals surface area contributed by atoms with E-state index in [1.807, 2.05) is 0 Å². The first-order valence-electron chi connectivity index (χ1n) is 4.00. The molecule has 0 aliphatic carbocycles. The molecule has 2 rings (SSSR count). The van der Waals surface area contributed by atoms with Gasteiger partial charge < -0.3 is 0 Å². The molecular formula is C9H8N2O2S. The Hall–Kier alpha value is -1.62. The molecule has 14 heavy (non-hydrogen) atoms. The van der Waals surface area contributed by atoms with Crippen LogP contribution in [0.5, 0.6) is 0 Å². The number of hydrogen-bond acceptors (Lipinski definition) is 3. The molecule has 0 unspecified atom stereocenters. The largest absolute Gasteiger partial charge is 0.285 e. The van der Waals surface area contributed by atoms with Crippen molar-refractivity contribution >= 4 is 16.2 Å². The maximum absolute atomic E-state index is 11.6. The quantitative estimate of drug-likeness (QED) is 0.687. The second-order valence-corrected chi connectivity index (χ2v) is 4.44. The van der Waals surface area contributed by atoms with Crippen molar-refractivity contribution in [3.63, 3.8) is 0 Å². The average Bonchev–Trinajstić information content (AvgIpc) is 2.15. The zero-order valence-corrected chi connectivity index (χ0v) is 8.03. The number of hydrogen-bond donors (Lipinski definition) is 1. The second-order valence-electron chi connectivity index (χ2n) is 2.75. The third kappa shape index (κ3) is 1.54. The molecule has 0 spiro atoms. The van der Waals surface area contributed by atoms with Crippen LogP contribution in [0.3, 0.4) is 0 Å². The molecule has 1 aliphatic heterocycles. The molecule has 0 bridgehead atoms. The fourth-order valence-corrected chi connectivity index (χ4v) is 2.24. The van der Waals surface area contributed by atoms with Gasteiger partial charge in [0.25, 0.3) is 10.0 Å². The number of aliphatic imine (C=N–C) groups is 1. The van der Waals surface area contributed by atoms with Crippen LogP contribution in [0.15, 0.2) is 46.6 Å². The van der Waals surface area contributed by atoms with Crippen LogP contribution in [-0.2, 0) is 10.0 Å². The van der Waals surface area contributed by atoms with E-state index in [-0.39, 0.29) is 4.90 Å². The highest BCUT2D eigenvalue weighted by Crippen LogP contribution is 2.14. The second kappa shape index (κ2) is 3.26. The minimum atomic E-state index is -3.43. The summed E-state index contributed by atoms with van der Waals surface area (Å²) in [5.74, 6) is 0. The van der Waals surface area contributed by atoms with Crippen LogP contribution < -0.4 is 4.72 Å². The van der Waals surface area contributed by atoms with Crippen LogP contribution in [0.25, 0.3) is 0 Å². The van der Waals surface area contributed by atoms with Gasteiger partial charge in [-0.3, -0.25) is 9.71 Å². The van der Waals surface area contributed by atoms with Crippen LogP contribution in [0, 0.1) is 0 Å². The lowest BCUT2D eigenvalue weighted by atomic mass is 10.2. The van der Waals surface area contributed by atoms with Gasteiger partial charge in [-0.25, -0.2) is 8.42 Å². The highest BCUT2D eigenvalue weighted by molar-refractivity contribution is 7.89. The standard InChI is InChI=1S/C9H8N2O2S/c12-14(13)9-4-2-1-3-8(9)7-10-5-6-11-14/h1-7,11H/b6-5-,10-7?. The van der Waals surface area contributed by atoms with Crippen molar-refractivity contribution in [2.75, 3.05) is 0 Å². The molecule has 0 saturated heterocycles. The molecule has 0 saturated carbocycles. The normalized spacial score (nSPS) is 20.0. The van der Waals surface area contributed by atoms with Crippen LogP contribution >= 0.6 is 0 Å². The van der Waals surface area contributed by atoms with E-state index in [4.69, 9.17) is 0 Å². The molecule has 1 heterocycles. The summed E-state index contributed by atoms with van der Waals surface area (Å²) in [5.41, 5.74) is 0.587. The van der Waals surface area contributed by atoms with Gasteiger partial charge in [0.2, 0.25) is 0 Å². The van der Waals surface area contributed by atoms with Gasteiger partial charge in [0.05, 0.1) is 4.90 Å². The number of nitrogens with one attached hydrogen (secondary N) is 1. The first-order chi connectivity index (χ1) is 6.70. The third-order valence-corrected chi connectivity index (χ3v) is 3.20. The molecule has 1 aromatic carbocycles. The lowest BCUT2D eigenvalue weighted by molar-refractivity contribution is 0.590. The van der Waals surface area contributed by atoms with Crippen LogP contribution in [0.1, 0.15) is 5.56 Å². The summed E-state index contributed by atoms with van der Waals surface area (Å²) in [5, 5.41) is 0. The molecule has 0 amide bonds. The number of benzene rings is 1. The average molecular weight is 208 g/mol. The number of nitrogens with zero attached hydrogens (tertiary/aromatic N) is 1. The zero-order valence-electron chi connectivity index (χ0n) is 7.21. The predicted octanol–water partition coefficient (Wildman–Crippen LogP) is 0.869. The SMILES string of the molecule is O=S1(=O)N/C=C\N=Cc2ccccc21. The van der Waals surface area contributed by atoms with Gasteiger partial charge in [-0.2, -0.15) is 0 Å². The molecule has 1 N–H and O–H groups in total. The minimum absolute atomic E-state index is 0.244. The lowest BCUT2D eigenvalue weighted by Gasteiger charge is -2.07. The van der Waals surface area contributed by atoms with E-state index in [2.05, 4.69) is 9.71 Å². The van der Waals surface area contributed by atoms with Gasteiger partial charge in [0, 0.05) is 24.2 Å². The fourth-order valence-electron chi connectivity index (χ4n) is 1.18. The van der Waals surface area contributed by atoms with E-state index >= 15 is 0 Å². The minimum Gasteiger partial charge on any atom is -0.285 e. The van der Waals surface area contributed by atoms with Crippen LogP contribution in [0.4, 0.5) is 0 Å². The van der Waals surface area contributed by atoms with E-state index in [0.29, 0.717) is 5.56 Å². The first-order valence-corrected chi connectivity index (χ1v) is 5.48. The van der Waals surface area contributed by atoms with E-state index in [9.17, 15) is 8.42 Å². The summed E-state index contributed by atoms with van der Waals surface area (Å²) in [6, 6.07) is 6.70. The van der Waals surface area contributed by atoms with Crippen molar-refractivity contribution < 1.29 is 8.42 Å². The monoisotopic (exact) mass is 208 g/mol. The zero-order chi connectivity index (χ0) is 10.0. The number of sulfonamides is 1. The third-order valence-electron chi connectivity index (χ3n) is 1.81. The number of rotatable bonds is 0.